The van der Waals surface area contributed by atoms with E-state index in [0.29, 0.717) is 5.56 Å². The lowest BCUT2D eigenvalue weighted by molar-refractivity contribution is 0.0524. The maximum atomic E-state index is 14.1. The topological polar surface area (TPSA) is 47.8 Å². The van der Waals surface area contributed by atoms with E-state index in [-0.39, 0.29) is 29.2 Å². The molecule has 0 bridgehead atoms. The molecule has 2 heterocycles. The van der Waals surface area contributed by atoms with Crippen molar-refractivity contribution < 1.29 is 18.3 Å². The number of esters is 1. The van der Waals surface area contributed by atoms with Crippen molar-refractivity contribution in [3.63, 3.8) is 0 Å². The van der Waals surface area contributed by atoms with E-state index in [1.165, 1.54) is 12.1 Å². The van der Waals surface area contributed by atoms with Crippen LogP contribution in [0.4, 0.5) is 8.78 Å². The summed E-state index contributed by atoms with van der Waals surface area (Å²) in [6.45, 7) is 5.26. The van der Waals surface area contributed by atoms with Gasteiger partial charge in [0, 0.05) is 5.56 Å². The lowest BCUT2D eigenvalue weighted by Crippen LogP contribution is -2.25. The maximum absolute atomic E-state index is 14.1. The molecule has 1 aliphatic rings. The molecule has 0 aromatic carbocycles. The number of aromatic nitrogens is 1. The summed E-state index contributed by atoms with van der Waals surface area (Å²) in [6, 6.07) is 1.44. The van der Waals surface area contributed by atoms with Gasteiger partial charge in [-0.25, -0.2) is 13.6 Å². The second-order valence-corrected chi connectivity index (χ2v) is 5.44. The van der Waals surface area contributed by atoms with Crippen molar-refractivity contribution in [3.8, 4) is 0 Å². The van der Waals surface area contributed by atoms with Gasteiger partial charge in [0.05, 0.1) is 18.3 Å². The quantitative estimate of drug-likeness (QED) is 0.813. The standard InChI is InChI=1S/C17H15F2NO3/c1-3-10-14(19)13(18)8-20-15(10)11(9-5-6-9)7-12(16(20)21)17(22)23-4-2/h3,7-9H,1,4-6H2,2H3. The maximum Gasteiger partial charge on any atom is 0.343 e. The van der Waals surface area contributed by atoms with Crippen LogP contribution in [0.1, 0.15) is 47.2 Å². The second kappa shape index (κ2) is 5.61. The molecule has 0 amide bonds. The van der Waals surface area contributed by atoms with Gasteiger partial charge in [-0.15, -0.1) is 0 Å². The molecular weight excluding hydrogens is 304 g/mol. The van der Waals surface area contributed by atoms with Crippen molar-refractivity contribution in [2.75, 3.05) is 6.61 Å². The number of carbonyl (C=O) groups excluding carboxylic acids is 1. The van der Waals surface area contributed by atoms with Crippen LogP contribution in [0.25, 0.3) is 11.6 Å². The Morgan fingerprint density at radius 2 is 2.17 bits per heavy atom. The summed E-state index contributed by atoms with van der Waals surface area (Å²) in [6.07, 6.45) is 3.69. The van der Waals surface area contributed by atoms with Crippen LogP contribution in [-0.2, 0) is 4.74 Å². The van der Waals surface area contributed by atoms with Crippen molar-refractivity contribution in [1.82, 2.24) is 4.40 Å². The zero-order valence-corrected chi connectivity index (χ0v) is 12.6. The minimum Gasteiger partial charge on any atom is -0.462 e. The molecule has 120 valence electrons. The Balaban J connectivity index is 2.42. The Morgan fingerprint density at radius 3 is 2.74 bits per heavy atom. The van der Waals surface area contributed by atoms with Crippen LogP contribution in [-0.4, -0.2) is 17.0 Å². The third-order valence-electron chi connectivity index (χ3n) is 3.92. The van der Waals surface area contributed by atoms with Gasteiger partial charge < -0.3 is 4.74 Å². The summed E-state index contributed by atoms with van der Waals surface area (Å²) < 4.78 is 33.7. The Hall–Kier alpha value is -2.50. The fourth-order valence-electron chi connectivity index (χ4n) is 2.71. The molecule has 6 heteroatoms. The molecule has 0 N–H and O–H groups in total. The third kappa shape index (κ3) is 2.44. The highest BCUT2D eigenvalue weighted by atomic mass is 19.2. The van der Waals surface area contributed by atoms with E-state index >= 15 is 0 Å². The lowest BCUT2D eigenvalue weighted by atomic mass is 10.0. The van der Waals surface area contributed by atoms with E-state index in [1.54, 1.807) is 6.92 Å². The van der Waals surface area contributed by atoms with Crippen LogP contribution < -0.4 is 5.56 Å². The fraction of sp³-hybridized carbons (Fsp3) is 0.294. The molecule has 2 aromatic heterocycles. The first-order valence-corrected chi connectivity index (χ1v) is 7.36. The highest BCUT2D eigenvalue weighted by Crippen LogP contribution is 2.43. The van der Waals surface area contributed by atoms with Gasteiger partial charge in [-0.05, 0) is 37.3 Å². The van der Waals surface area contributed by atoms with E-state index in [4.69, 9.17) is 4.74 Å². The summed E-state index contributed by atoms with van der Waals surface area (Å²) in [4.78, 5) is 24.5. The van der Waals surface area contributed by atoms with Gasteiger partial charge in [0.1, 0.15) is 5.56 Å². The summed E-state index contributed by atoms with van der Waals surface area (Å²) in [5, 5.41) is 0. The molecule has 23 heavy (non-hydrogen) atoms. The van der Waals surface area contributed by atoms with E-state index in [1.807, 2.05) is 0 Å². The fourth-order valence-corrected chi connectivity index (χ4v) is 2.71. The van der Waals surface area contributed by atoms with Crippen LogP contribution in [0.15, 0.2) is 23.6 Å². The molecule has 4 nitrogen and oxygen atoms in total. The summed E-state index contributed by atoms with van der Waals surface area (Å²) in [5.41, 5.74) is -0.0718. The van der Waals surface area contributed by atoms with Crippen LogP contribution in [0.5, 0.6) is 0 Å². The molecule has 0 aliphatic heterocycles. The van der Waals surface area contributed by atoms with Gasteiger partial charge in [0.15, 0.2) is 11.6 Å². The van der Waals surface area contributed by atoms with Gasteiger partial charge in [0.25, 0.3) is 5.56 Å². The van der Waals surface area contributed by atoms with Crippen molar-refractivity contribution in [1.29, 1.82) is 0 Å². The SMILES string of the molecule is C=Cc1c(F)c(F)cn2c(=O)c(C(=O)OCC)cc(C3CC3)c12. The average Bonchev–Trinajstić information content (AvgIpc) is 3.35. The Labute approximate surface area is 131 Å². The van der Waals surface area contributed by atoms with E-state index in [0.717, 1.165) is 23.4 Å². The van der Waals surface area contributed by atoms with Gasteiger partial charge in [-0.1, -0.05) is 12.7 Å². The Kier molecular flexibility index (Phi) is 3.75. The molecular formula is C17H15F2NO3. The Morgan fingerprint density at radius 1 is 1.48 bits per heavy atom. The number of nitrogens with zero attached hydrogens (tertiary/aromatic N) is 1. The number of ether oxygens (including phenoxy) is 1. The van der Waals surface area contributed by atoms with Crippen molar-refractivity contribution in [2.24, 2.45) is 0 Å². The summed E-state index contributed by atoms with van der Waals surface area (Å²) >= 11 is 0. The number of carbonyl (C=O) groups is 1. The smallest absolute Gasteiger partial charge is 0.343 e. The van der Waals surface area contributed by atoms with Crippen molar-refractivity contribution >= 4 is 17.6 Å². The van der Waals surface area contributed by atoms with Crippen LogP contribution in [0, 0.1) is 11.6 Å². The van der Waals surface area contributed by atoms with Crippen molar-refractivity contribution in [3.05, 3.63) is 57.5 Å². The van der Waals surface area contributed by atoms with Gasteiger partial charge in [-0.2, -0.15) is 0 Å². The molecule has 0 saturated heterocycles. The molecule has 1 fully saturated rings. The third-order valence-corrected chi connectivity index (χ3v) is 3.92. The molecule has 1 saturated carbocycles. The molecule has 0 unspecified atom stereocenters. The monoisotopic (exact) mass is 319 g/mol. The number of hydrogen-bond acceptors (Lipinski definition) is 3. The Bertz CT molecular complexity index is 882. The minimum absolute atomic E-state index is 0.0700. The second-order valence-electron chi connectivity index (χ2n) is 5.44. The predicted molar refractivity (Wildman–Crippen MR) is 81.6 cm³/mol. The van der Waals surface area contributed by atoms with Gasteiger partial charge in [-0.3, -0.25) is 9.20 Å². The number of hydrogen-bond donors (Lipinski definition) is 0. The lowest BCUT2D eigenvalue weighted by Gasteiger charge is -2.13. The average molecular weight is 319 g/mol. The molecule has 3 rings (SSSR count). The van der Waals surface area contributed by atoms with E-state index in [2.05, 4.69) is 6.58 Å². The number of fused-ring (bicyclic) bond motifs is 1. The van der Waals surface area contributed by atoms with Crippen molar-refractivity contribution in [2.45, 2.75) is 25.7 Å². The van der Waals surface area contributed by atoms with Gasteiger partial charge in [0.2, 0.25) is 0 Å². The highest BCUT2D eigenvalue weighted by Gasteiger charge is 2.30. The summed E-state index contributed by atoms with van der Waals surface area (Å²) in [5.74, 6) is -2.87. The number of halogens is 2. The summed E-state index contributed by atoms with van der Waals surface area (Å²) in [7, 11) is 0. The first-order valence-electron chi connectivity index (χ1n) is 7.36. The molecule has 2 aromatic rings. The highest BCUT2D eigenvalue weighted by molar-refractivity contribution is 5.90. The molecule has 0 spiro atoms. The zero-order chi connectivity index (χ0) is 16.7. The number of rotatable bonds is 4. The normalized spacial score (nSPS) is 14.0. The van der Waals surface area contributed by atoms with Crippen LogP contribution >= 0.6 is 0 Å². The largest absolute Gasteiger partial charge is 0.462 e. The first-order chi connectivity index (χ1) is 11.0. The van der Waals surface area contributed by atoms with E-state index < -0.39 is 23.2 Å². The van der Waals surface area contributed by atoms with Crippen LogP contribution in [0.3, 0.4) is 0 Å². The zero-order valence-electron chi connectivity index (χ0n) is 12.6. The first kappa shape index (κ1) is 15.4. The van der Waals surface area contributed by atoms with Crippen LogP contribution in [0.2, 0.25) is 0 Å². The number of pyridine rings is 2. The van der Waals surface area contributed by atoms with Gasteiger partial charge >= 0.3 is 5.97 Å². The van der Waals surface area contributed by atoms with E-state index in [9.17, 15) is 18.4 Å². The predicted octanol–water partition coefficient (Wildman–Crippen LogP) is 3.27. The molecule has 1 aliphatic carbocycles. The molecule has 0 radical (unpaired) electrons. The minimum atomic E-state index is -1.17. The molecule has 0 atom stereocenters.